The van der Waals surface area contributed by atoms with Crippen LogP contribution in [-0.2, 0) is 0 Å². The molecule has 76 valence electrons. The molecule has 1 unspecified atom stereocenters. The number of likely N-dealkylation sites (N-methyl/N-ethyl adjacent to an activating group) is 1. The summed E-state index contributed by atoms with van der Waals surface area (Å²) in [5, 5.41) is 4.15. The van der Waals surface area contributed by atoms with E-state index in [1.54, 1.807) is 0 Å². The SMILES string of the molecule is C=C(C)C(NCC)c1ccccc1Cl. The van der Waals surface area contributed by atoms with Gasteiger partial charge in [-0.25, -0.2) is 0 Å². The Kier molecular flexibility index (Phi) is 4.18. The molecule has 1 rings (SSSR count). The van der Waals surface area contributed by atoms with Crippen LogP contribution in [0.15, 0.2) is 36.4 Å². The van der Waals surface area contributed by atoms with E-state index in [0.717, 1.165) is 22.7 Å². The highest BCUT2D eigenvalue weighted by atomic mass is 35.5. The second-order valence-corrected chi connectivity index (χ2v) is 3.77. The van der Waals surface area contributed by atoms with Gasteiger partial charge in [0.1, 0.15) is 0 Å². The van der Waals surface area contributed by atoms with Crippen LogP contribution in [0.5, 0.6) is 0 Å². The van der Waals surface area contributed by atoms with Gasteiger partial charge >= 0.3 is 0 Å². The van der Waals surface area contributed by atoms with Crippen molar-refractivity contribution in [2.45, 2.75) is 19.9 Å². The van der Waals surface area contributed by atoms with E-state index >= 15 is 0 Å². The summed E-state index contributed by atoms with van der Waals surface area (Å²) in [7, 11) is 0. The fourth-order valence-corrected chi connectivity index (χ4v) is 1.71. The van der Waals surface area contributed by atoms with Gasteiger partial charge in [0, 0.05) is 5.02 Å². The van der Waals surface area contributed by atoms with Crippen LogP contribution < -0.4 is 5.32 Å². The van der Waals surface area contributed by atoms with Crippen LogP contribution in [0.1, 0.15) is 25.5 Å². The summed E-state index contributed by atoms with van der Waals surface area (Å²) in [6, 6.07) is 8.03. The Balaban J connectivity index is 2.99. The fourth-order valence-electron chi connectivity index (χ4n) is 1.46. The van der Waals surface area contributed by atoms with Gasteiger partial charge in [0.05, 0.1) is 6.04 Å². The van der Waals surface area contributed by atoms with Crippen molar-refractivity contribution in [1.29, 1.82) is 0 Å². The summed E-state index contributed by atoms with van der Waals surface area (Å²) < 4.78 is 0. The van der Waals surface area contributed by atoms with Gasteiger partial charge in [0.2, 0.25) is 0 Å². The van der Waals surface area contributed by atoms with E-state index in [4.69, 9.17) is 11.6 Å². The molecule has 0 radical (unpaired) electrons. The quantitative estimate of drug-likeness (QED) is 0.748. The minimum atomic E-state index is 0.161. The molecule has 0 saturated carbocycles. The van der Waals surface area contributed by atoms with Crippen LogP contribution in [0, 0.1) is 0 Å². The highest BCUT2D eigenvalue weighted by Gasteiger charge is 2.12. The molecule has 1 nitrogen and oxygen atoms in total. The van der Waals surface area contributed by atoms with Gasteiger partial charge in [-0.15, -0.1) is 0 Å². The number of hydrogen-bond donors (Lipinski definition) is 1. The Bertz CT molecular complexity index is 320. The second-order valence-electron chi connectivity index (χ2n) is 3.36. The van der Waals surface area contributed by atoms with E-state index in [0.29, 0.717) is 0 Å². The lowest BCUT2D eigenvalue weighted by Gasteiger charge is -2.19. The summed E-state index contributed by atoms with van der Waals surface area (Å²) in [5.41, 5.74) is 2.18. The lowest BCUT2D eigenvalue weighted by Crippen LogP contribution is -2.21. The highest BCUT2D eigenvalue weighted by Crippen LogP contribution is 2.26. The maximum Gasteiger partial charge on any atom is 0.0545 e. The monoisotopic (exact) mass is 209 g/mol. The summed E-state index contributed by atoms with van der Waals surface area (Å²) in [6.45, 7) is 8.96. The average Bonchev–Trinajstić information content (AvgIpc) is 2.15. The van der Waals surface area contributed by atoms with Crippen molar-refractivity contribution in [3.8, 4) is 0 Å². The third-order valence-corrected chi connectivity index (χ3v) is 2.46. The zero-order valence-corrected chi connectivity index (χ0v) is 9.43. The molecular formula is C12H16ClN. The van der Waals surface area contributed by atoms with Crippen LogP contribution >= 0.6 is 11.6 Å². The van der Waals surface area contributed by atoms with Crippen LogP contribution in [0.25, 0.3) is 0 Å². The maximum atomic E-state index is 6.12. The smallest absolute Gasteiger partial charge is 0.0545 e. The van der Waals surface area contributed by atoms with Crippen molar-refractivity contribution in [2.75, 3.05) is 6.54 Å². The molecule has 2 heteroatoms. The average molecular weight is 210 g/mol. The number of benzene rings is 1. The Hall–Kier alpha value is -0.790. The molecule has 0 aliphatic carbocycles. The van der Waals surface area contributed by atoms with Crippen LogP contribution in [0.3, 0.4) is 0 Å². The molecule has 14 heavy (non-hydrogen) atoms. The largest absolute Gasteiger partial charge is 0.307 e. The maximum absolute atomic E-state index is 6.12. The van der Waals surface area contributed by atoms with Crippen molar-refractivity contribution in [2.24, 2.45) is 0 Å². The Morgan fingerprint density at radius 2 is 2.14 bits per heavy atom. The highest BCUT2D eigenvalue weighted by molar-refractivity contribution is 6.31. The van der Waals surface area contributed by atoms with Crippen molar-refractivity contribution >= 4 is 11.6 Å². The molecule has 1 aromatic carbocycles. The Morgan fingerprint density at radius 1 is 1.50 bits per heavy atom. The number of nitrogens with one attached hydrogen (secondary N) is 1. The molecule has 0 aliphatic heterocycles. The molecule has 0 fully saturated rings. The topological polar surface area (TPSA) is 12.0 Å². The minimum absolute atomic E-state index is 0.161. The molecule has 0 aliphatic rings. The first kappa shape index (κ1) is 11.3. The van der Waals surface area contributed by atoms with E-state index < -0.39 is 0 Å². The Labute approximate surface area is 90.8 Å². The summed E-state index contributed by atoms with van der Waals surface area (Å²) in [4.78, 5) is 0. The third kappa shape index (κ3) is 2.60. The third-order valence-electron chi connectivity index (χ3n) is 2.12. The predicted octanol–water partition coefficient (Wildman–Crippen LogP) is 3.57. The van der Waals surface area contributed by atoms with Gasteiger partial charge < -0.3 is 5.32 Å². The molecule has 0 spiro atoms. The first-order valence-electron chi connectivity index (χ1n) is 4.80. The van der Waals surface area contributed by atoms with Crippen molar-refractivity contribution in [3.63, 3.8) is 0 Å². The van der Waals surface area contributed by atoms with Gasteiger partial charge in [0.15, 0.2) is 0 Å². The fraction of sp³-hybridized carbons (Fsp3) is 0.333. The normalized spacial score (nSPS) is 12.5. The molecule has 1 aromatic rings. The summed E-state index contributed by atoms with van der Waals surface area (Å²) in [5.74, 6) is 0. The molecule has 1 N–H and O–H groups in total. The van der Waals surface area contributed by atoms with E-state index in [1.165, 1.54) is 0 Å². The van der Waals surface area contributed by atoms with E-state index in [2.05, 4.69) is 18.8 Å². The van der Waals surface area contributed by atoms with Gasteiger partial charge in [-0.05, 0) is 25.1 Å². The van der Waals surface area contributed by atoms with Gasteiger partial charge in [-0.3, -0.25) is 0 Å². The standard InChI is InChI=1S/C12H16ClN/c1-4-14-12(9(2)3)10-7-5-6-8-11(10)13/h5-8,12,14H,2,4H2,1,3H3. The van der Waals surface area contributed by atoms with Crippen LogP contribution in [0.4, 0.5) is 0 Å². The van der Waals surface area contributed by atoms with Crippen molar-refractivity contribution < 1.29 is 0 Å². The van der Waals surface area contributed by atoms with Gasteiger partial charge in [0.25, 0.3) is 0 Å². The van der Waals surface area contributed by atoms with Crippen LogP contribution in [0.2, 0.25) is 5.02 Å². The molecule has 0 aromatic heterocycles. The minimum Gasteiger partial charge on any atom is -0.307 e. The van der Waals surface area contributed by atoms with Gasteiger partial charge in [-0.2, -0.15) is 0 Å². The molecule has 0 amide bonds. The number of rotatable bonds is 4. The molecule has 0 bridgehead atoms. The first-order valence-corrected chi connectivity index (χ1v) is 5.17. The molecule has 1 atom stereocenters. The summed E-state index contributed by atoms with van der Waals surface area (Å²) in [6.07, 6.45) is 0. The second kappa shape index (κ2) is 5.18. The van der Waals surface area contributed by atoms with Crippen molar-refractivity contribution in [1.82, 2.24) is 5.32 Å². The predicted molar refractivity (Wildman–Crippen MR) is 62.7 cm³/mol. The molecule has 0 saturated heterocycles. The lowest BCUT2D eigenvalue weighted by atomic mass is 10.0. The summed E-state index contributed by atoms with van der Waals surface area (Å²) >= 11 is 6.12. The number of hydrogen-bond acceptors (Lipinski definition) is 1. The first-order chi connectivity index (χ1) is 6.66. The van der Waals surface area contributed by atoms with Crippen molar-refractivity contribution in [3.05, 3.63) is 47.0 Å². The van der Waals surface area contributed by atoms with E-state index in [9.17, 15) is 0 Å². The zero-order valence-electron chi connectivity index (χ0n) is 8.68. The number of halogens is 1. The lowest BCUT2D eigenvalue weighted by molar-refractivity contribution is 0.622. The van der Waals surface area contributed by atoms with E-state index in [1.807, 2.05) is 31.2 Å². The zero-order chi connectivity index (χ0) is 10.6. The molecular weight excluding hydrogens is 194 g/mol. The molecule has 0 heterocycles. The van der Waals surface area contributed by atoms with E-state index in [-0.39, 0.29) is 6.04 Å². The van der Waals surface area contributed by atoms with Gasteiger partial charge in [-0.1, -0.05) is 48.9 Å². The van der Waals surface area contributed by atoms with Crippen LogP contribution in [-0.4, -0.2) is 6.54 Å². The Morgan fingerprint density at radius 3 is 2.64 bits per heavy atom.